The Labute approximate surface area is 159 Å². The number of aromatic nitrogens is 1. The smallest absolute Gasteiger partial charge is 0.303 e. The van der Waals surface area contributed by atoms with Crippen molar-refractivity contribution in [1.29, 1.82) is 0 Å². The Morgan fingerprint density at radius 1 is 1.08 bits per heavy atom. The highest BCUT2D eigenvalue weighted by molar-refractivity contribution is 7.99. The fourth-order valence-electron chi connectivity index (χ4n) is 2.39. The molecule has 0 amide bonds. The summed E-state index contributed by atoms with van der Waals surface area (Å²) in [7, 11) is 0. The second kappa shape index (κ2) is 9.09. The molecule has 0 bridgehead atoms. The Balaban J connectivity index is 2.29. The summed E-state index contributed by atoms with van der Waals surface area (Å²) >= 11 is 7.25. The van der Waals surface area contributed by atoms with Crippen LogP contribution in [0.5, 0.6) is 5.75 Å². The molecule has 1 fully saturated rings. The van der Waals surface area contributed by atoms with Crippen molar-refractivity contribution in [3.63, 3.8) is 0 Å². The number of thioether (sulfide) groups is 1. The minimum absolute atomic E-state index is 0.140. The number of esters is 3. The first kappa shape index (κ1) is 20.3. The fraction of sp³-hybridized carbons (Fsp3) is 0.500. The molecule has 0 saturated carbocycles. The molecule has 26 heavy (non-hydrogen) atoms. The van der Waals surface area contributed by atoms with Crippen LogP contribution in [0.2, 0.25) is 5.15 Å². The average Bonchev–Trinajstić information content (AvgIpc) is 2.53. The van der Waals surface area contributed by atoms with Crippen molar-refractivity contribution in [3.8, 4) is 5.75 Å². The maximum atomic E-state index is 11.6. The molecule has 0 aliphatic carbocycles. The molecular weight excluding hydrogens is 386 g/mol. The number of carbonyl (C=O) groups excluding carboxylic acids is 3. The van der Waals surface area contributed by atoms with Gasteiger partial charge in [-0.2, -0.15) is 0 Å². The van der Waals surface area contributed by atoms with E-state index in [9.17, 15) is 14.4 Å². The Hall–Kier alpha value is -2.00. The second-order valence-corrected chi connectivity index (χ2v) is 6.90. The molecule has 2 heterocycles. The fourth-order valence-corrected chi connectivity index (χ4v) is 3.77. The summed E-state index contributed by atoms with van der Waals surface area (Å²) in [6.45, 7) is 3.68. The van der Waals surface area contributed by atoms with Crippen LogP contribution in [0.3, 0.4) is 0 Å². The summed E-state index contributed by atoms with van der Waals surface area (Å²) in [5, 5.41) is 0.140. The third-order valence-corrected chi connectivity index (χ3v) is 4.77. The van der Waals surface area contributed by atoms with Gasteiger partial charge in [-0.05, 0) is 12.1 Å². The van der Waals surface area contributed by atoms with E-state index in [0.717, 1.165) is 0 Å². The van der Waals surface area contributed by atoms with E-state index in [1.165, 1.54) is 38.7 Å². The monoisotopic (exact) mass is 403 g/mol. The van der Waals surface area contributed by atoms with E-state index in [-0.39, 0.29) is 16.7 Å². The van der Waals surface area contributed by atoms with Crippen molar-refractivity contribution in [2.45, 2.75) is 44.5 Å². The van der Waals surface area contributed by atoms with E-state index in [1.54, 1.807) is 12.1 Å². The molecule has 10 heteroatoms. The van der Waals surface area contributed by atoms with Crippen LogP contribution in [0.1, 0.15) is 20.8 Å². The van der Waals surface area contributed by atoms with Crippen molar-refractivity contribution in [3.05, 3.63) is 23.5 Å². The van der Waals surface area contributed by atoms with Crippen LogP contribution in [0, 0.1) is 0 Å². The summed E-state index contributed by atoms with van der Waals surface area (Å²) < 4.78 is 21.6. The predicted molar refractivity (Wildman–Crippen MR) is 92.8 cm³/mol. The molecule has 1 aliphatic heterocycles. The number of carbonyl (C=O) groups is 3. The molecule has 4 atom stereocenters. The van der Waals surface area contributed by atoms with E-state index < -0.39 is 41.7 Å². The van der Waals surface area contributed by atoms with Gasteiger partial charge in [0.1, 0.15) is 0 Å². The van der Waals surface area contributed by atoms with Crippen LogP contribution in [-0.2, 0) is 28.6 Å². The van der Waals surface area contributed by atoms with Gasteiger partial charge >= 0.3 is 17.9 Å². The number of hydrogen-bond donors (Lipinski definition) is 0. The normalized spacial score (nSPS) is 25.1. The van der Waals surface area contributed by atoms with Crippen molar-refractivity contribution < 1.29 is 33.3 Å². The lowest BCUT2D eigenvalue weighted by Gasteiger charge is -2.39. The molecule has 1 saturated heterocycles. The summed E-state index contributed by atoms with van der Waals surface area (Å²) in [4.78, 5) is 38.3. The van der Waals surface area contributed by atoms with Gasteiger partial charge in [0.15, 0.2) is 34.7 Å². The summed E-state index contributed by atoms with van der Waals surface area (Å²) in [5.41, 5.74) is -0.739. The van der Waals surface area contributed by atoms with E-state index >= 15 is 0 Å². The van der Waals surface area contributed by atoms with Gasteiger partial charge in [-0.3, -0.25) is 14.4 Å². The van der Waals surface area contributed by atoms with Crippen molar-refractivity contribution in [2.24, 2.45) is 0 Å². The highest BCUT2D eigenvalue weighted by Crippen LogP contribution is 2.35. The molecule has 1 aromatic heterocycles. The summed E-state index contributed by atoms with van der Waals surface area (Å²) in [6.07, 6.45) is -1.29. The third-order valence-electron chi connectivity index (χ3n) is 3.27. The topological polar surface area (TPSA) is 101 Å². The second-order valence-electron chi connectivity index (χ2n) is 5.41. The van der Waals surface area contributed by atoms with Gasteiger partial charge in [0, 0.05) is 32.7 Å². The Morgan fingerprint density at radius 3 is 2.27 bits per heavy atom. The predicted octanol–water partition coefficient (Wildman–Crippen LogP) is 1.98. The average molecular weight is 404 g/mol. The summed E-state index contributed by atoms with van der Waals surface area (Å²) in [6, 6.07) is 3.25. The number of nitrogens with zero attached hydrogens (tertiary/aromatic N) is 1. The zero-order valence-corrected chi connectivity index (χ0v) is 15.9. The first-order valence-electron chi connectivity index (χ1n) is 7.68. The van der Waals surface area contributed by atoms with Gasteiger partial charge in [-0.25, -0.2) is 4.98 Å². The zero-order valence-electron chi connectivity index (χ0n) is 14.3. The highest BCUT2D eigenvalue weighted by Gasteiger charge is 2.47. The first-order chi connectivity index (χ1) is 12.3. The van der Waals surface area contributed by atoms with Crippen LogP contribution < -0.4 is 4.74 Å². The molecule has 0 aromatic carbocycles. The van der Waals surface area contributed by atoms with Gasteiger partial charge in [0.25, 0.3) is 0 Å². The van der Waals surface area contributed by atoms with E-state index in [1.807, 2.05) is 0 Å². The van der Waals surface area contributed by atoms with Gasteiger partial charge in [-0.1, -0.05) is 11.6 Å². The highest BCUT2D eigenvalue weighted by atomic mass is 35.5. The zero-order chi connectivity index (χ0) is 19.3. The Bertz CT molecular complexity index is 686. The van der Waals surface area contributed by atoms with E-state index in [4.69, 9.17) is 30.5 Å². The first-order valence-corrected chi connectivity index (χ1v) is 9.11. The van der Waals surface area contributed by atoms with Crippen LogP contribution >= 0.6 is 23.4 Å². The summed E-state index contributed by atoms with van der Waals surface area (Å²) in [5.74, 6) is -1.17. The lowest BCUT2D eigenvalue weighted by Crippen LogP contribution is -2.55. The van der Waals surface area contributed by atoms with Crippen LogP contribution in [-0.4, -0.2) is 52.4 Å². The molecule has 1 aromatic rings. The SMILES string of the molecule is CC(=O)O[C@@H]1[C@@H](OC(C)=O)[C@@H](Oc2cccnc2Cl)SC[C@H]1OC(C)=O. The van der Waals surface area contributed by atoms with E-state index in [2.05, 4.69) is 4.98 Å². The number of ether oxygens (including phenoxy) is 4. The van der Waals surface area contributed by atoms with Crippen LogP contribution in [0.25, 0.3) is 0 Å². The minimum atomic E-state index is -1.01. The molecule has 0 spiro atoms. The number of hydrogen-bond acceptors (Lipinski definition) is 9. The molecule has 8 nitrogen and oxygen atoms in total. The quantitative estimate of drug-likeness (QED) is 0.415. The molecule has 2 rings (SSSR count). The molecule has 0 unspecified atom stereocenters. The van der Waals surface area contributed by atoms with Crippen molar-refractivity contribution >= 4 is 41.3 Å². The van der Waals surface area contributed by atoms with E-state index in [0.29, 0.717) is 0 Å². The van der Waals surface area contributed by atoms with Gasteiger partial charge in [0.2, 0.25) is 0 Å². The van der Waals surface area contributed by atoms with Gasteiger partial charge in [0.05, 0.1) is 0 Å². The van der Waals surface area contributed by atoms with Crippen molar-refractivity contribution in [2.75, 3.05) is 5.75 Å². The molecule has 142 valence electrons. The molecule has 0 radical (unpaired) electrons. The van der Waals surface area contributed by atoms with Crippen molar-refractivity contribution in [1.82, 2.24) is 4.98 Å². The minimum Gasteiger partial charge on any atom is -0.472 e. The van der Waals surface area contributed by atoms with Gasteiger partial charge < -0.3 is 18.9 Å². The molecule has 1 aliphatic rings. The largest absolute Gasteiger partial charge is 0.472 e. The Kier molecular flexibility index (Phi) is 7.10. The lowest BCUT2D eigenvalue weighted by molar-refractivity contribution is -0.186. The number of halogens is 1. The van der Waals surface area contributed by atoms with Gasteiger partial charge in [-0.15, -0.1) is 11.8 Å². The van der Waals surface area contributed by atoms with Crippen LogP contribution in [0.4, 0.5) is 0 Å². The molecular formula is C16H18ClNO7S. The Morgan fingerprint density at radius 2 is 1.69 bits per heavy atom. The van der Waals surface area contributed by atoms with Crippen LogP contribution in [0.15, 0.2) is 18.3 Å². The maximum Gasteiger partial charge on any atom is 0.303 e. The maximum absolute atomic E-state index is 11.6. The standard InChI is InChI=1S/C16H18ClNO7S/c1-8(19)22-12-7-26-16(25-11-5-4-6-18-15(11)17)14(24-10(3)21)13(12)23-9(2)20/h4-6,12-14,16H,7H2,1-3H3/t12-,13+,14-,16+/m1/s1. The lowest BCUT2D eigenvalue weighted by atomic mass is 10.1. The third kappa shape index (κ3) is 5.50. The molecule has 0 N–H and O–H groups in total. The number of rotatable bonds is 5. The number of pyridine rings is 1.